The number of carbonyl (C=O) groups excluding carboxylic acids is 1. The van der Waals surface area contributed by atoms with Crippen LogP contribution in [0, 0.1) is 17.8 Å². The summed E-state index contributed by atoms with van der Waals surface area (Å²) in [7, 11) is 0. The number of aliphatic carboxylic acids is 1. The summed E-state index contributed by atoms with van der Waals surface area (Å²) in [6, 6.07) is 3.14. The summed E-state index contributed by atoms with van der Waals surface area (Å²) < 4.78 is 0. The normalized spacial score (nSPS) is 26.1. The first-order valence-corrected chi connectivity index (χ1v) is 6.50. The van der Waals surface area contributed by atoms with Crippen molar-refractivity contribution in [2.75, 3.05) is 5.32 Å². The van der Waals surface area contributed by atoms with Crippen LogP contribution in [0.3, 0.4) is 0 Å². The highest BCUT2D eigenvalue weighted by molar-refractivity contribution is 6.30. The SMILES string of the molecule is CC1C[C@H](C(=O)Nc2cc(Cl)ccn2)[C@H](C(=O)O)C1. The van der Waals surface area contributed by atoms with Gasteiger partial charge in [0.2, 0.25) is 5.91 Å². The zero-order chi connectivity index (χ0) is 14.0. The van der Waals surface area contributed by atoms with Gasteiger partial charge in [0.15, 0.2) is 0 Å². The fourth-order valence-corrected chi connectivity index (χ4v) is 2.71. The lowest BCUT2D eigenvalue weighted by molar-refractivity contribution is -0.145. The number of amides is 1. The minimum absolute atomic E-state index is 0.240. The van der Waals surface area contributed by atoms with Crippen LogP contribution in [0.2, 0.25) is 5.02 Å². The highest BCUT2D eigenvalue weighted by atomic mass is 35.5. The fraction of sp³-hybridized carbons (Fsp3) is 0.462. The number of hydrogen-bond donors (Lipinski definition) is 2. The Morgan fingerprint density at radius 1 is 1.42 bits per heavy atom. The summed E-state index contributed by atoms with van der Waals surface area (Å²) in [6.07, 6.45) is 2.61. The smallest absolute Gasteiger partial charge is 0.307 e. The maximum atomic E-state index is 12.1. The summed E-state index contributed by atoms with van der Waals surface area (Å²) in [5, 5.41) is 12.2. The lowest BCUT2D eigenvalue weighted by Gasteiger charge is -2.15. The van der Waals surface area contributed by atoms with Crippen molar-refractivity contribution in [3.63, 3.8) is 0 Å². The summed E-state index contributed by atoms with van der Waals surface area (Å²) in [4.78, 5) is 27.3. The zero-order valence-corrected chi connectivity index (χ0v) is 11.2. The van der Waals surface area contributed by atoms with Crippen LogP contribution in [0.15, 0.2) is 18.3 Å². The molecule has 2 rings (SSSR count). The van der Waals surface area contributed by atoms with E-state index >= 15 is 0 Å². The number of nitrogens with one attached hydrogen (secondary N) is 1. The third kappa shape index (κ3) is 3.23. The lowest BCUT2D eigenvalue weighted by atomic mass is 9.95. The van der Waals surface area contributed by atoms with Gasteiger partial charge < -0.3 is 10.4 Å². The van der Waals surface area contributed by atoms with E-state index in [-0.39, 0.29) is 11.8 Å². The van der Waals surface area contributed by atoms with E-state index in [9.17, 15) is 9.59 Å². The predicted octanol–water partition coefficient (Wildman–Crippen LogP) is 2.42. The third-order valence-electron chi connectivity index (χ3n) is 3.43. The molecule has 1 aliphatic rings. The van der Waals surface area contributed by atoms with E-state index in [1.54, 1.807) is 6.07 Å². The highest BCUT2D eigenvalue weighted by Crippen LogP contribution is 2.37. The second-order valence-corrected chi connectivity index (χ2v) is 5.41. The molecule has 1 saturated carbocycles. The van der Waals surface area contributed by atoms with Crippen molar-refractivity contribution >= 4 is 29.3 Å². The molecule has 3 atom stereocenters. The number of aromatic nitrogens is 1. The second kappa shape index (κ2) is 5.57. The Labute approximate surface area is 116 Å². The second-order valence-electron chi connectivity index (χ2n) is 4.98. The van der Waals surface area contributed by atoms with E-state index in [1.165, 1.54) is 12.3 Å². The molecular weight excluding hydrogens is 268 g/mol. The maximum Gasteiger partial charge on any atom is 0.307 e. The van der Waals surface area contributed by atoms with Crippen LogP contribution in [0.4, 0.5) is 5.82 Å². The van der Waals surface area contributed by atoms with Gasteiger partial charge in [-0.2, -0.15) is 0 Å². The number of anilines is 1. The van der Waals surface area contributed by atoms with Gasteiger partial charge in [-0.05, 0) is 30.9 Å². The van der Waals surface area contributed by atoms with Crippen LogP contribution in [0.5, 0.6) is 0 Å². The molecule has 1 heterocycles. The number of rotatable bonds is 3. The minimum atomic E-state index is -0.913. The Morgan fingerprint density at radius 3 is 2.74 bits per heavy atom. The molecule has 0 spiro atoms. The first-order chi connectivity index (χ1) is 8.97. The van der Waals surface area contributed by atoms with E-state index < -0.39 is 17.8 Å². The molecule has 5 nitrogen and oxygen atoms in total. The number of hydrogen-bond acceptors (Lipinski definition) is 3. The molecule has 1 amide bonds. The van der Waals surface area contributed by atoms with Crippen LogP contribution in [-0.2, 0) is 9.59 Å². The number of halogens is 1. The van der Waals surface area contributed by atoms with Crippen molar-refractivity contribution in [3.8, 4) is 0 Å². The molecule has 1 fully saturated rings. The van der Waals surface area contributed by atoms with E-state index in [1.807, 2.05) is 6.92 Å². The molecule has 0 saturated heterocycles. The predicted molar refractivity (Wildman–Crippen MR) is 70.9 cm³/mol. The first kappa shape index (κ1) is 13.8. The van der Waals surface area contributed by atoms with Crippen molar-refractivity contribution in [2.24, 2.45) is 17.8 Å². The van der Waals surface area contributed by atoms with Gasteiger partial charge >= 0.3 is 5.97 Å². The molecule has 1 aliphatic carbocycles. The van der Waals surface area contributed by atoms with E-state index in [0.29, 0.717) is 23.7 Å². The van der Waals surface area contributed by atoms with Crippen LogP contribution in [-0.4, -0.2) is 22.0 Å². The van der Waals surface area contributed by atoms with E-state index in [4.69, 9.17) is 16.7 Å². The van der Waals surface area contributed by atoms with Crippen molar-refractivity contribution in [3.05, 3.63) is 23.4 Å². The molecule has 0 radical (unpaired) electrons. The van der Waals surface area contributed by atoms with Crippen LogP contribution in [0.1, 0.15) is 19.8 Å². The molecule has 2 N–H and O–H groups in total. The number of pyridine rings is 1. The summed E-state index contributed by atoms with van der Waals surface area (Å²) >= 11 is 5.80. The monoisotopic (exact) mass is 282 g/mol. The van der Waals surface area contributed by atoms with E-state index in [0.717, 1.165) is 0 Å². The van der Waals surface area contributed by atoms with Crippen molar-refractivity contribution < 1.29 is 14.7 Å². The average molecular weight is 283 g/mol. The molecular formula is C13H15ClN2O3. The largest absolute Gasteiger partial charge is 0.481 e. The summed E-state index contributed by atoms with van der Waals surface area (Å²) in [5.41, 5.74) is 0. The fourth-order valence-electron chi connectivity index (χ4n) is 2.55. The van der Waals surface area contributed by atoms with Gasteiger partial charge in [-0.25, -0.2) is 4.98 Å². The van der Waals surface area contributed by atoms with E-state index in [2.05, 4.69) is 10.3 Å². The Hall–Kier alpha value is -1.62. The molecule has 1 aromatic heterocycles. The molecule has 1 unspecified atom stereocenters. The third-order valence-corrected chi connectivity index (χ3v) is 3.66. The standard InChI is InChI=1S/C13H15ClN2O3/c1-7-4-9(10(5-7)13(18)19)12(17)16-11-6-8(14)2-3-15-11/h2-3,6-7,9-10H,4-5H2,1H3,(H,18,19)(H,15,16,17)/t7?,9-,10+/m0/s1. The highest BCUT2D eigenvalue weighted by Gasteiger charge is 2.41. The van der Waals surface area contributed by atoms with Gasteiger partial charge in [0, 0.05) is 11.2 Å². The lowest BCUT2D eigenvalue weighted by Crippen LogP contribution is -2.30. The van der Waals surface area contributed by atoms with Crippen molar-refractivity contribution in [1.29, 1.82) is 0 Å². The molecule has 0 aromatic carbocycles. The first-order valence-electron chi connectivity index (χ1n) is 6.12. The van der Waals surface area contributed by atoms with Crippen molar-refractivity contribution in [1.82, 2.24) is 4.98 Å². The average Bonchev–Trinajstić information content (AvgIpc) is 2.71. The molecule has 1 aromatic rings. The molecule has 0 bridgehead atoms. The topological polar surface area (TPSA) is 79.3 Å². The number of nitrogens with zero attached hydrogens (tertiary/aromatic N) is 1. The molecule has 0 aliphatic heterocycles. The van der Waals surface area contributed by atoms with Crippen LogP contribution in [0.25, 0.3) is 0 Å². The Balaban J connectivity index is 2.09. The number of carboxylic acids is 1. The zero-order valence-electron chi connectivity index (χ0n) is 10.5. The Morgan fingerprint density at radius 2 is 2.11 bits per heavy atom. The van der Waals surface area contributed by atoms with Gasteiger partial charge in [-0.3, -0.25) is 9.59 Å². The molecule has 102 valence electrons. The quantitative estimate of drug-likeness (QED) is 0.892. The van der Waals surface area contributed by atoms with Crippen LogP contribution < -0.4 is 5.32 Å². The van der Waals surface area contributed by atoms with Gasteiger partial charge in [0.05, 0.1) is 11.8 Å². The maximum absolute atomic E-state index is 12.1. The molecule has 6 heteroatoms. The van der Waals surface area contributed by atoms with Crippen LogP contribution >= 0.6 is 11.6 Å². The summed E-state index contributed by atoms with van der Waals surface area (Å²) in [6.45, 7) is 1.96. The Bertz CT molecular complexity index is 506. The van der Waals surface area contributed by atoms with Gasteiger partial charge in [0.25, 0.3) is 0 Å². The number of carboxylic acid groups (broad SMARTS) is 1. The minimum Gasteiger partial charge on any atom is -0.481 e. The van der Waals surface area contributed by atoms with Gasteiger partial charge in [-0.1, -0.05) is 18.5 Å². The Kier molecular flexibility index (Phi) is 4.04. The van der Waals surface area contributed by atoms with Gasteiger partial charge in [0.1, 0.15) is 5.82 Å². The molecule has 19 heavy (non-hydrogen) atoms. The van der Waals surface area contributed by atoms with Crippen molar-refractivity contribution in [2.45, 2.75) is 19.8 Å². The summed E-state index contributed by atoms with van der Waals surface area (Å²) in [5.74, 6) is -1.75. The number of carbonyl (C=O) groups is 2. The van der Waals surface area contributed by atoms with Gasteiger partial charge in [-0.15, -0.1) is 0 Å².